The number of benzene rings is 7. The molecule has 4 heteroatoms. The smallest absolute Gasteiger partial charge is 0.252 e. The first-order valence-corrected chi connectivity index (χ1v) is 28.7. The Hall–Kier alpha value is -5.58. The molecule has 0 unspecified atom stereocenters. The van der Waals surface area contributed by atoms with Gasteiger partial charge in [-0.2, -0.15) is 0 Å². The highest BCUT2D eigenvalue weighted by atomic mass is 32.1. The summed E-state index contributed by atoms with van der Waals surface area (Å²) >= 11 is 1.99. The fourth-order valence-electron chi connectivity index (χ4n) is 13.8. The molecule has 0 N–H and O–H groups in total. The lowest BCUT2D eigenvalue weighted by Crippen LogP contribution is -2.62. The molecule has 3 heterocycles. The fourth-order valence-corrected chi connectivity index (χ4v) is 15.0. The van der Waals surface area contributed by atoms with Crippen LogP contribution >= 0.6 is 11.3 Å². The average Bonchev–Trinajstić information content (AvgIpc) is 3.77. The van der Waals surface area contributed by atoms with E-state index in [-0.39, 0.29) is 44.6 Å². The SMILES string of the molecule is CC(C)(C)c1ccc(N2c3cc(C(C)(C)C)cc4c3B(c3cc5c(cc3N4c3ccc4c(c3)C(C)(C)CCC4(C)C)C(C)(C)CCC5(C)C)c3ccc4c(sc5cccc(C(C)(C)C)c54)c32)c(-c2ccccc2)c1. The molecule has 0 spiro atoms. The Bertz CT molecular complexity index is 3630. The number of hydrogen-bond acceptors (Lipinski definition) is 3. The van der Waals surface area contributed by atoms with Gasteiger partial charge in [-0.1, -0.05) is 190 Å². The van der Waals surface area contributed by atoms with E-state index in [0.717, 1.165) is 0 Å². The molecule has 0 amide bonds. The van der Waals surface area contributed by atoms with E-state index in [1.165, 1.54) is 146 Å². The van der Waals surface area contributed by atoms with Crippen LogP contribution in [-0.4, -0.2) is 6.71 Å². The second kappa shape index (κ2) is 16.0. The molecule has 12 rings (SSSR count). The van der Waals surface area contributed by atoms with E-state index in [9.17, 15) is 0 Å². The predicted octanol–water partition coefficient (Wildman–Crippen LogP) is 18.4. The van der Waals surface area contributed by atoms with E-state index in [4.69, 9.17) is 0 Å². The van der Waals surface area contributed by atoms with Gasteiger partial charge in [-0.05, 0) is 173 Å². The second-order valence-corrected chi connectivity index (χ2v) is 29.8. The zero-order valence-electron chi connectivity index (χ0n) is 47.8. The van der Waals surface area contributed by atoms with Crippen LogP contribution in [0.15, 0.2) is 121 Å². The Balaban J connectivity index is 1.27. The molecule has 0 saturated carbocycles. The first-order chi connectivity index (χ1) is 34.6. The van der Waals surface area contributed by atoms with Gasteiger partial charge < -0.3 is 9.80 Å². The molecule has 378 valence electrons. The van der Waals surface area contributed by atoms with Gasteiger partial charge in [-0.3, -0.25) is 0 Å². The Morgan fingerprint density at radius 3 is 1.68 bits per heavy atom. The van der Waals surface area contributed by atoms with Crippen molar-refractivity contribution in [3.05, 3.63) is 160 Å². The summed E-state index contributed by atoms with van der Waals surface area (Å²) < 4.78 is 2.72. The van der Waals surface area contributed by atoms with Crippen molar-refractivity contribution in [2.24, 2.45) is 0 Å². The van der Waals surface area contributed by atoms with Crippen LogP contribution in [0.4, 0.5) is 34.1 Å². The Labute approximate surface area is 448 Å². The van der Waals surface area contributed by atoms with E-state index in [2.05, 4.69) is 249 Å². The number of anilines is 6. The summed E-state index contributed by atoms with van der Waals surface area (Å²) in [4.78, 5) is 5.50. The van der Waals surface area contributed by atoms with Crippen molar-refractivity contribution in [1.82, 2.24) is 0 Å². The van der Waals surface area contributed by atoms with Crippen LogP contribution in [0.1, 0.15) is 182 Å². The lowest BCUT2D eigenvalue weighted by atomic mass is 9.33. The fraction of sp³-hybridized carbons (Fsp3) is 0.400. The van der Waals surface area contributed by atoms with E-state index in [0.29, 0.717) is 0 Å². The number of rotatable bonds is 3. The molecule has 1 aromatic heterocycles. The largest absolute Gasteiger partial charge is 0.311 e. The molecule has 2 nitrogen and oxygen atoms in total. The number of thiophene rings is 1. The zero-order valence-corrected chi connectivity index (χ0v) is 48.6. The van der Waals surface area contributed by atoms with Crippen molar-refractivity contribution < 1.29 is 0 Å². The zero-order chi connectivity index (χ0) is 52.6. The summed E-state index contributed by atoms with van der Waals surface area (Å²) in [6, 6.07) is 49.0. The predicted molar refractivity (Wildman–Crippen MR) is 325 cm³/mol. The summed E-state index contributed by atoms with van der Waals surface area (Å²) in [5, 5.41) is 2.75. The summed E-state index contributed by atoms with van der Waals surface area (Å²) in [5.74, 6) is 0. The average molecular weight is 991 g/mol. The lowest BCUT2D eigenvalue weighted by molar-refractivity contribution is 0.332. The molecule has 2 aliphatic carbocycles. The van der Waals surface area contributed by atoms with Crippen molar-refractivity contribution in [2.75, 3.05) is 9.80 Å². The summed E-state index contributed by atoms with van der Waals surface area (Å²) in [5.41, 5.74) is 24.6. The van der Waals surface area contributed by atoms with Crippen molar-refractivity contribution in [3.8, 4) is 11.1 Å². The van der Waals surface area contributed by atoms with Gasteiger partial charge in [0.1, 0.15) is 0 Å². The van der Waals surface area contributed by atoms with Crippen LogP contribution in [0.3, 0.4) is 0 Å². The minimum Gasteiger partial charge on any atom is -0.311 e. The maximum absolute atomic E-state index is 2.76. The molecule has 0 fully saturated rings. The standard InChI is InChI=1S/C70H79BN2S/c1-64(2,3)43-26-31-55(47(36-43)42-22-19-18-20-23-42)73-58-38-44(65(4,5)6)37-57-61(58)71(53-30-28-46-60-49(66(7,8)9)24-21-25-59(60)74-63(46)62(53)73)54-40-51-52(70(16,17)35-34-69(51,14)15)41-56(54)72(57)45-27-29-48-50(39-45)68(12,13)33-32-67(48,10)11/h18-31,36-41H,32-35H2,1-17H3. The third-order valence-corrected chi connectivity index (χ3v) is 19.8. The minimum absolute atomic E-state index is 0.00335. The van der Waals surface area contributed by atoms with Crippen molar-refractivity contribution in [2.45, 2.75) is 181 Å². The highest BCUT2D eigenvalue weighted by Crippen LogP contribution is 2.56. The molecule has 74 heavy (non-hydrogen) atoms. The van der Waals surface area contributed by atoms with Crippen LogP contribution in [0.25, 0.3) is 31.3 Å². The molecule has 0 radical (unpaired) electrons. The summed E-state index contributed by atoms with van der Waals surface area (Å²) in [6.45, 7) is 41.3. The lowest BCUT2D eigenvalue weighted by Gasteiger charge is -2.48. The van der Waals surface area contributed by atoms with E-state index in [1.807, 2.05) is 11.3 Å². The second-order valence-electron chi connectivity index (χ2n) is 28.8. The van der Waals surface area contributed by atoms with E-state index in [1.54, 1.807) is 0 Å². The maximum Gasteiger partial charge on any atom is 0.252 e. The van der Waals surface area contributed by atoms with Gasteiger partial charge in [0.2, 0.25) is 0 Å². The van der Waals surface area contributed by atoms with Gasteiger partial charge in [-0.25, -0.2) is 0 Å². The monoisotopic (exact) mass is 991 g/mol. The Morgan fingerprint density at radius 1 is 0.459 bits per heavy atom. The van der Waals surface area contributed by atoms with Gasteiger partial charge in [0, 0.05) is 43.8 Å². The third-order valence-electron chi connectivity index (χ3n) is 18.6. The third kappa shape index (κ3) is 7.44. The normalized spacial score (nSPS) is 18.2. The van der Waals surface area contributed by atoms with Crippen molar-refractivity contribution >= 4 is 88.7 Å². The number of hydrogen-bond donors (Lipinski definition) is 0. The van der Waals surface area contributed by atoms with Crippen LogP contribution in [-0.2, 0) is 37.9 Å². The van der Waals surface area contributed by atoms with Crippen LogP contribution < -0.4 is 26.2 Å². The number of nitrogens with zero attached hydrogens (tertiary/aromatic N) is 2. The van der Waals surface area contributed by atoms with Crippen molar-refractivity contribution in [3.63, 3.8) is 0 Å². The van der Waals surface area contributed by atoms with Gasteiger partial charge in [0.15, 0.2) is 0 Å². The molecular formula is C70H79BN2S. The molecule has 0 saturated heterocycles. The molecular weight excluding hydrogens is 912 g/mol. The molecule has 7 aromatic carbocycles. The quantitative estimate of drug-likeness (QED) is 0.163. The molecule has 2 aliphatic heterocycles. The highest BCUT2D eigenvalue weighted by molar-refractivity contribution is 7.26. The molecule has 4 aliphatic rings. The van der Waals surface area contributed by atoms with Gasteiger partial charge >= 0.3 is 0 Å². The van der Waals surface area contributed by atoms with E-state index >= 15 is 0 Å². The first-order valence-electron chi connectivity index (χ1n) is 27.9. The summed E-state index contributed by atoms with van der Waals surface area (Å²) in [7, 11) is 0. The van der Waals surface area contributed by atoms with Crippen LogP contribution in [0.2, 0.25) is 0 Å². The first kappa shape index (κ1) is 49.3. The summed E-state index contributed by atoms with van der Waals surface area (Å²) in [6.07, 6.45) is 4.71. The van der Waals surface area contributed by atoms with Gasteiger partial charge in [0.05, 0.1) is 16.1 Å². The van der Waals surface area contributed by atoms with E-state index < -0.39 is 0 Å². The minimum atomic E-state index is -0.147. The van der Waals surface area contributed by atoms with Crippen LogP contribution in [0.5, 0.6) is 0 Å². The maximum atomic E-state index is 2.76. The Morgan fingerprint density at radius 2 is 1.05 bits per heavy atom. The van der Waals surface area contributed by atoms with Crippen LogP contribution in [0, 0.1) is 0 Å². The van der Waals surface area contributed by atoms with Gasteiger partial charge in [0.25, 0.3) is 6.71 Å². The molecule has 0 atom stereocenters. The Kier molecular flexibility index (Phi) is 10.7. The molecule has 8 aromatic rings. The molecule has 0 bridgehead atoms. The van der Waals surface area contributed by atoms with Crippen molar-refractivity contribution in [1.29, 1.82) is 0 Å². The topological polar surface area (TPSA) is 6.48 Å². The number of fused-ring (bicyclic) bond motifs is 10. The highest BCUT2D eigenvalue weighted by Gasteiger charge is 2.49. The van der Waals surface area contributed by atoms with Gasteiger partial charge in [-0.15, -0.1) is 11.3 Å².